The first kappa shape index (κ1) is 25.8. The molecule has 2 atom stereocenters. The Labute approximate surface area is 196 Å². The molecule has 2 amide bonds. The van der Waals surface area contributed by atoms with Crippen LogP contribution in [0.25, 0.3) is 0 Å². The molecule has 1 aromatic carbocycles. The highest BCUT2D eigenvalue weighted by Gasteiger charge is 2.39. The number of piperidine rings is 2. The summed E-state index contributed by atoms with van der Waals surface area (Å²) in [7, 11) is 0. The molecule has 1 saturated carbocycles. The van der Waals surface area contributed by atoms with Gasteiger partial charge >= 0.3 is 24.0 Å². The molecule has 4 N–H and O–H groups in total. The average Bonchev–Trinajstić information content (AvgIpc) is 3.43. The molecular formula is C23H31F3N4O4. The van der Waals surface area contributed by atoms with E-state index in [1.54, 1.807) is 4.90 Å². The number of fused-ring (bicyclic) bond motifs is 2. The van der Waals surface area contributed by atoms with Crippen LogP contribution >= 0.6 is 0 Å². The van der Waals surface area contributed by atoms with Crippen LogP contribution in [0, 0.1) is 5.92 Å². The highest BCUT2D eigenvalue weighted by Crippen LogP contribution is 2.40. The predicted octanol–water partition coefficient (Wildman–Crippen LogP) is 2.98. The number of carboxylic acid groups (broad SMARTS) is 1. The maximum atomic E-state index is 12.4. The van der Waals surface area contributed by atoms with Crippen molar-refractivity contribution in [2.24, 2.45) is 11.7 Å². The molecule has 4 rings (SSSR count). The number of hydrogen-bond donors (Lipinski definition) is 3. The Hall–Kier alpha value is -2.82. The fraction of sp³-hybridized carbons (Fsp3) is 0.609. The summed E-state index contributed by atoms with van der Waals surface area (Å²) in [6.07, 6.45) is 1.26. The van der Waals surface area contributed by atoms with E-state index in [9.17, 15) is 22.8 Å². The normalized spacial score (nSPS) is 23.2. The summed E-state index contributed by atoms with van der Waals surface area (Å²) in [4.78, 5) is 37.8. The standard InChI is InChI=1S/C21H30N4O2.C2HF3O2/c1-2-21(22)9-11-24(12-10-21)20(27)19(26)23-16-4-7-17(8-5-16)25-14-15-3-6-18(25)13-15;3-2(4,5)1(6)7/h4-5,7-8,15,18H,2-3,6,9-14,22H2,1H3,(H,23,26);(H,6,7). The van der Waals surface area contributed by atoms with E-state index in [0.717, 1.165) is 31.7 Å². The van der Waals surface area contributed by atoms with E-state index in [2.05, 4.69) is 17.1 Å². The third-order valence-electron chi connectivity index (χ3n) is 7.05. The van der Waals surface area contributed by atoms with Gasteiger partial charge in [0.2, 0.25) is 0 Å². The lowest BCUT2D eigenvalue weighted by atomic mass is 9.86. The van der Waals surface area contributed by atoms with Crippen LogP contribution in [0.5, 0.6) is 0 Å². The Morgan fingerprint density at radius 3 is 2.18 bits per heavy atom. The number of carbonyl (C=O) groups excluding carboxylic acids is 2. The van der Waals surface area contributed by atoms with Gasteiger partial charge in [-0.15, -0.1) is 0 Å². The van der Waals surface area contributed by atoms with Gasteiger partial charge in [0, 0.05) is 42.6 Å². The van der Waals surface area contributed by atoms with Gasteiger partial charge in [-0.05, 0) is 68.7 Å². The number of anilines is 2. The molecule has 2 bridgehead atoms. The van der Waals surface area contributed by atoms with E-state index in [0.29, 0.717) is 24.8 Å². The fourth-order valence-corrected chi connectivity index (χ4v) is 4.81. The van der Waals surface area contributed by atoms with E-state index in [1.165, 1.54) is 24.9 Å². The Kier molecular flexibility index (Phi) is 7.74. The highest BCUT2D eigenvalue weighted by molar-refractivity contribution is 6.39. The molecule has 0 radical (unpaired) electrons. The van der Waals surface area contributed by atoms with Crippen LogP contribution in [0.3, 0.4) is 0 Å². The second-order valence-corrected chi connectivity index (χ2v) is 9.30. The van der Waals surface area contributed by atoms with Crippen molar-refractivity contribution in [2.45, 2.75) is 63.2 Å². The number of benzene rings is 1. The second kappa shape index (κ2) is 10.2. The minimum absolute atomic E-state index is 0.196. The molecule has 11 heteroatoms. The van der Waals surface area contributed by atoms with Crippen molar-refractivity contribution in [3.8, 4) is 0 Å². The third kappa shape index (κ3) is 6.19. The van der Waals surface area contributed by atoms with E-state index in [1.807, 2.05) is 24.3 Å². The minimum Gasteiger partial charge on any atom is -0.475 e. The maximum Gasteiger partial charge on any atom is 0.490 e. The number of nitrogens with zero attached hydrogens (tertiary/aromatic N) is 2. The first-order chi connectivity index (χ1) is 15.9. The zero-order valence-corrected chi connectivity index (χ0v) is 19.1. The van der Waals surface area contributed by atoms with Crippen molar-refractivity contribution in [1.82, 2.24) is 4.90 Å². The van der Waals surface area contributed by atoms with E-state index in [-0.39, 0.29) is 5.54 Å². The zero-order chi connectivity index (χ0) is 25.1. The van der Waals surface area contributed by atoms with Crippen molar-refractivity contribution < 1.29 is 32.7 Å². The summed E-state index contributed by atoms with van der Waals surface area (Å²) >= 11 is 0. The smallest absolute Gasteiger partial charge is 0.475 e. The molecule has 0 aromatic heterocycles. The van der Waals surface area contributed by atoms with Crippen molar-refractivity contribution in [3.05, 3.63) is 24.3 Å². The first-order valence-corrected chi connectivity index (χ1v) is 11.5. The lowest BCUT2D eigenvalue weighted by Crippen LogP contribution is -2.53. The molecule has 3 aliphatic rings. The van der Waals surface area contributed by atoms with Crippen molar-refractivity contribution in [2.75, 3.05) is 29.9 Å². The Morgan fingerprint density at radius 1 is 1.15 bits per heavy atom. The molecule has 2 heterocycles. The van der Waals surface area contributed by atoms with Crippen LogP contribution in [0.2, 0.25) is 0 Å². The van der Waals surface area contributed by atoms with E-state index < -0.39 is 24.0 Å². The van der Waals surface area contributed by atoms with Crippen molar-refractivity contribution in [3.63, 3.8) is 0 Å². The van der Waals surface area contributed by atoms with Gasteiger partial charge in [0.1, 0.15) is 0 Å². The topological polar surface area (TPSA) is 116 Å². The highest BCUT2D eigenvalue weighted by atomic mass is 19.4. The number of carbonyl (C=O) groups is 3. The van der Waals surface area contributed by atoms with Crippen LogP contribution in [-0.2, 0) is 14.4 Å². The molecule has 34 heavy (non-hydrogen) atoms. The number of halogens is 3. The number of carboxylic acids is 1. The van der Waals surface area contributed by atoms with Crippen molar-refractivity contribution >= 4 is 29.2 Å². The van der Waals surface area contributed by atoms with Crippen LogP contribution in [0.15, 0.2) is 24.3 Å². The second-order valence-electron chi connectivity index (χ2n) is 9.30. The minimum atomic E-state index is -5.08. The SMILES string of the molecule is CCC1(N)CCN(C(=O)C(=O)Nc2ccc(N3CC4CCC3C4)cc2)CC1.O=C(O)C(F)(F)F. The summed E-state index contributed by atoms with van der Waals surface area (Å²) in [5.74, 6) is -2.94. The Bertz CT molecular complexity index is 898. The van der Waals surface area contributed by atoms with Gasteiger partial charge in [-0.25, -0.2) is 4.79 Å². The number of nitrogens with two attached hydrogens (primary N) is 1. The monoisotopic (exact) mass is 484 g/mol. The fourth-order valence-electron chi connectivity index (χ4n) is 4.81. The van der Waals surface area contributed by atoms with Gasteiger partial charge in [0.05, 0.1) is 0 Å². The van der Waals surface area contributed by atoms with Gasteiger partial charge in [0.15, 0.2) is 0 Å². The van der Waals surface area contributed by atoms with Gasteiger partial charge in [-0.3, -0.25) is 9.59 Å². The van der Waals surface area contributed by atoms with Crippen LogP contribution in [0.4, 0.5) is 24.5 Å². The van der Waals surface area contributed by atoms with Crippen LogP contribution < -0.4 is 16.0 Å². The van der Waals surface area contributed by atoms with Crippen LogP contribution in [-0.4, -0.2) is 65.2 Å². The third-order valence-corrected chi connectivity index (χ3v) is 7.05. The summed E-state index contributed by atoms with van der Waals surface area (Å²) in [6.45, 7) is 4.31. The Balaban J connectivity index is 0.000000406. The number of aliphatic carboxylic acids is 1. The quantitative estimate of drug-likeness (QED) is 0.568. The number of amides is 2. The number of alkyl halides is 3. The predicted molar refractivity (Wildman–Crippen MR) is 120 cm³/mol. The molecule has 8 nitrogen and oxygen atoms in total. The summed E-state index contributed by atoms with van der Waals surface area (Å²) in [5, 5.41) is 9.87. The molecular weight excluding hydrogens is 453 g/mol. The van der Waals surface area contributed by atoms with E-state index in [4.69, 9.17) is 15.6 Å². The number of hydrogen-bond acceptors (Lipinski definition) is 5. The number of nitrogens with one attached hydrogen (secondary N) is 1. The summed E-state index contributed by atoms with van der Waals surface area (Å²) in [5.41, 5.74) is 7.95. The average molecular weight is 485 g/mol. The van der Waals surface area contributed by atoms with Gasteiger partial charge in [-0.2, -0.15) is 13.2 Å². The maximum absolute atomic E-state index is 12.4. The molecule has 2 aliphatic heterocycles. The number of likely N-dealkylation sites (tertiary alicyclic amines) is 1. The summed E-state index contributed by atoms with van der Waals surface area (Å²) in [6, 6.07) is 8.56. The van der Waals surface area contributed by atoms with Gasteiger partial charge in [-0.1, -0.05) is 6.92 Å². The molecule has 188 valence electrons. The summed E-state index contributed by atoms with van der Waals surface area (Å²) < 4.78 is 31.7. The molecule has 1 aliphatic carbocycles. The largest absolute Gasteiger partial charge is 0.490 e. The van der Waals surface area contributed by atoms with Crippen molar-refractivity contribution in [1.29, 1.82) is 0 Å². The van der Waals surface area contributed by atoms with Gasteiger partial charge < -0.3 is 26.0 Å². The first-order valence-electron chi connectivity index (χ1n) is 11.5. The van der Waals surface area contributed by atoms with Gasteiger partial charge in [0.25, 0.3) is 0 Å². The number of rotatable bonds is 3. The lowest BCUT2D eigenvalue weighted by molar-refractivity contribution is -0.192. The van der Waals surface area contributed by atoms with Crippen LogP contribution in [0.1, 0.15) is 45.4 Å². The lowest BCUT2D eigenvalue weighted by Gasteiger charge is -2.38. The zero-order valence-electron chi connectivity index (χ0n) is 19.1. The van der Waals surface area contributed by atoms with E-state index >= 15 is 0 Å². The molecule has 2 unspecified atom stereocenters. The Morgan fingerprint density at radius 2 is 1.74 bits per heavy atom. The molecule has 2 saturated heterocycles. The molecule has 0 spiro atoms. The molecule has 3 fully saturated rings. The molecule has 1 aromatic rings.